The monoisotopic (exact) mass is 225 g/mol. The molecule has 0 aliphatic carbocycles. The molecule has 0 spiro atoms. The van der Waals surface area contributed by atoms with E-state index in [0.29, 0.717) is 11.5 Å². The van der Waals surface area contributed by atoms with Gasteiger partial charge in [0.1, 0.15) is 6.61 Å². The maximum absolute atomic E-state index is 11.1. The number of hydrogen-bond donors (Lipinski definition) is 0. The molecule has 0 saturated carbocycles. The summed E-state index contributed by atoms with van der Waals surface area (Å²) in [6, 6.07) is 0. The van der Waals surface area contributed by atoms with Gasteiger partial charge in [-0.1, -0.05) is 0 Å². The molecular formula is C10H11NO5. The van der Waals surface area contributed by atoms with E-state index in [1.807, 2.05) is 0 Å². The molecule has 6 heteroatoms. The van der Waals surface area contributed by atoms with E-state index in [1.54, 1.807) is 0 Å². The fourth-order valence-electron chi connectivity index (χ4n) is 1.07. The van der Waals surface area contributed by atoms with E-state index in [-0.39, 0.29) is 26.1 Å². The van der Waals surface area contributed by atoms with Crippen LogP contribution in [-0.2, 0) is 24.0 Å². The quantitative estimate of drug-likeness (QED) is 0.362. The molecule has 16 heavy (non-hydrogen) atoms. The summed E-state index contributed by atoms with van der Waals surface area (Å²) in [5, 5.41) is 0.479. The van der Waals surface area contributed by atoms with Gasteiger partial charge in [0.2, 0.25) is 0 Å². The third-order valence-corrected chi connectivity index (χ3v) is 1.81. The molecule has 0 bridgehead atoms. The van der Waals surface area contributed by atoms with Crippen LogP contribution in [0.5, 0.6) is 0 Å². The first kappa shape index (κ1) is 12.2. The molecule has 0 N–H and O–H groups in total. The highest BCUT2D eigenvalue weighted by Crippen LogP contribution is 2.11. The van der Waals surface area contributed by atoms with E-state index in [9.17, 15) is 14.4 Å². The number of nitrogens with zero attached hydrogens (tertiary/aromatic N) is 1. The Balaban J connectivity index is 2.26. The third-order valence-electron chi connectivity index (χ3n) is 1.81. The first-order valence-corrected chi connectivity index (χ1v) is 4.73. The van der Waals surface area contributed by atoms with Gasteiger partial charge in [-0.15, -0.1) is 17.4 Å². The van der Waals surface area contributed by atoms with Crippen molar-refractivity contribution in [1.29, 1.82) is 0 Å². The van der Waals surface area contributed by atoms with Crippen LogP contribution in [0.25, 0.3) is 0 Å². The van der Waals surface area contributed by atoms with Crippen LogP contribution in [0.4, 0.5) is 0 Å². The molecule has 1 aliphatic rings. The minimum Gasteiger partial charge on any atom is -0.369 e. The predicted molar refractivity (Wildman–Crippen MR) is 51.4 cm³/mol. The summed E-state index contributed by atoms with van der Waals surface area (Å²) in [5.41, 5.74) is 0. The lowest BCUT2D eigenvalue weighted by Crippen LogP contribution is -2.33. The minimum atomic E-state index is -0.791. The molecule has 0 aromatic rings. The van der Waals surface area contributed by atoms with E-state index < -0.39 is 17.8 Å². The fourth-order valence-corrected chi connectivity index (χ4v) is 1.07. The molecule has 2 amide bonds. The molecule has 1 fully saturated rings. The van der Waals surface area contributed by atoms with Gasteiger partial charge in [-0.3, -0.25) is 9.59 Å². The number of amides is 2. The zero-order valence-electron chi connectivity index (χ0n) is 8.60. The smallest absolute Gasteiger partial charge is 0.358 e. The molecular weight excluding hydrogens is 214 g/mol. The van der Waals surface area contributed by atoms with E-state index in [2.05, 4.69) is 10.8 Å². The van der Waals surface area contributed by atoms with Crippen molar-refractivity contribution in [2.75, 3.05) is 13.2 Å². The van der Waals surface area contributed by atoms with Crippen LogP contribution in [0.3, 0.4) is 0 Å². The SMILES string of the molecule is C#CCCOCC(=O)ON1C(=O)CCC1=O. The van der Waals surface area contributed by atoms with Gasteiger partial charge >= 0.3 is 5.97 Å². The Labute approximate surface area is 92.4 Å². The third kappa shape index (κ3) is 3.37. The molecule has 0 aromatic heterocycles. The highest BCUT2D eigenvalue weighted by molar-refractivity contribution is 6.01. The summed E-state index contributed by atoms with van der Waals surface area (Å²) >= 11 is 0. The maximum atomic E-state index is 11.1. The number of rotatable bonds is 5. The summed E-state index contributed by atoms with van der Waals surface area (Å²) in [7, 11) is 0. The van der Waals surface area contributed by atoms with Crippen LogP contribution >= 0.6 is 0 Å². The summed E-state index contributed by atoms with van der Waals surface area (Å²) < 4.78 is 4.85. The summed E-state index contributed by atoms with van der Waals surface area (Å²) in [6.45, 7) is -0.105. The number of ether oxygens (including phenoxy) is 1. The second kappa shape index (κ2) is 5.88. The van der Waals surface area contributed by atoms with Crippen LogP contribution in [0.2, 0.25) is 0 Å². The second-order valence-electron chi connectivity index (χ2n) is 3.05. The molecule has 0 atom stereocenters. The standard InChI is InChI=1S/C10H11NO5/c1-2-3-6-15-7-10(14)16-11-8(12)4-5-9(11)13/h1H,3-7H2. The summed E-state index contributed by atoms with van der Waals surface area (Å²) in [4.78, 5) is 37.8. The van der Waals surface area contributed by atoms with Gasteiger partial charge < -0.3 is 9.57 Å². The van der Waals surface area contributed by atoms with Gasteiger partial charge in [0.15, 0.2) is 0 Å². The molecule has 1 aliphatic heterocycles. The lowest BCUT2D eigenvalue weighted by Gasteiger charge is -2.12. The van der Waals surface area contributed by atoms with Crippen molar-refractivity contribution in [1.82, 2.24) is 5.06 Å². The number of terminal acetylenes is 1. The Hall–Kier alpha value is -1.87. The summed E-state index contributed by atoms with van der Waals surface area (Å²) in [6.07, 6.45) is 5.50. The number of hydroxylamine groups is 2. The van der Waals surface area contributed by atoms with Crippen molar-refractivity contribution in [3.63, 3.8) is 0 Å². The van der Waals surface area contributed by atoms with Gasteiger partial charge in [0.25, 0.3) is 11.8 Å². The maximum Gasteiger partial charge on any atom is 0.358 e. The van der Waals surface area contributed by atoms with Crippen LogP contribution in [0.15, 0.2) is 0 Å². The zero-order valence-corrected chi connectivity index (χ0v) is 8.60. The van der Waals surface area contributed by atoms with Gasteiger partial charge in [-0.25, -0.2) is 4.79 Å². The van der Waals surface area contributed by atoms with Crippen LogP contribution in [-0.4, -0.2) is 36.1 Å². The van der Waals surface area contributed by atoms with Gasteiger partial charge in [-0.2, -0.15) is 0 Å². The lowest BCUT2D eigenvalue weighted by atomic mass is 10.4. The van der Waals surface area contributed by atoms with E-state index in [0.717, 1.165) is 0 Å². The van der Waals surface area contributed by atoms with Gasteiger partial charge in [0.05, 0.1) is 6.61 Å². The number of carbonyl (C=O) groups is 3. The average molecular weight is 225 g/mol. The molecule has 0 unspecified atom stereocenters. The largest absolute Gasteiger partial charge is 0.369 e. The first-order valence-electron chi connectivity index (χ1n) is 4.73. The van der Waals surface area contributed by atoms with Crippen LogP contribution in [0, 0.1) is 12.3 Å². The van der Waals surface area contributed by atoms with Crippen LogP contribution < -0.4 is 0 Å². The van der Waals surface area contributed by atoms with Gasteiger partial charge in [0, 0.05) is 19.3 Å². The number of hydrogen-bond acceptors (Lipinski definition) is 5. The second-order valence-corrected chi connectivity index (χ2v) is 3.05. The Morgan fingerprint density at radius 3 is 2.56 bits per heavy atom. The Morgan fingerprint density at radius 2 is 2.00 bits per heavy atom. The molecule has 1 saturated heterocycles. The highest BCUT2D eigenvalue weighted by Gasteiger charge is 2.32. The van der Waals surface area contributed by atoms with Crippen molar-refractivity contribution < 1.29 is 24.0 Å². The van der Waals surface area contributed by atoms with Crippen molar-refractivity contribution in [2.45, 2.75) is 19.3 Å². The molecule has 1 heterocycles. The Morgan fingerprint density at radius 1 is 1.38 bits per heavy atom. The van der Waals surface area contributed by atoms with E-state index >= 15 is 0 Å². The van der Waals surface area contributed by atoms with E-state index in [1.165, 1.54) is 0 Å². The first-order chi connectivity index (χ1) is 7.65. The van der Waals surface area contributed by atoms with E-state index in [4.69, 9.17) is 11.2 Å². The summed E-state index contributed by atoms with van der Waals surface area (Å²) in [5.74, 6) is 0.518. The zero-order chi connectivity index (χ0) is 12.0. The highest BCUT2D eigenvalue weighted by atomic mass is 16.7. The molecule has 0 radical (unpaired) electrons. The van der Waals surface area contributed by atoms with Crippen molar-refractivity contribution in [2.24, 2.45) is 0 Å². The topological polar surface area (TPSA) is 72.9 Å². The Kier molecular flexibility index (Phi) is 4.48. The van der Waals surface area contributed by atoms with Crippen LogP contribution in [0.1, 0.15) is 19.3 Å². The Bertz CT molecular complexity index is 328. The number of imide groups is 1. The molecule has 86 valence electrons. The van der Waals surface area contributed by atoms with Crippen molar-refractivity contribution in [3.8, 4) is 12.3 Å². The molecule has 6 nitrogen and oxygen atoms in total. The van der Waals surface area contributed by atoms with Gasteiger partial charge in [-0.05, 0) is 0 Å². The molecule has 1 rings (SSSR count). The predicted octanol–water partition coefficient (Wildman–Crippen LogP) is -0.367. The molecule has 0 aromatic carbocycles. The van der Waals surface area contributed by atoms with Crippen molar-refractivity contribution >= 4 is 17.8 Å². The minimum absolute atomic E-state index is 0.0735. The number of carbonyl (C=O) groups excluding carboxylic acids is 3. The lowest BCUT2D eigenvalue weighted by molar-refractivity contribution is -0.200. The normalized spacial score (nSPS) is 15.1. The van der Waals surface area contributed by atoms with Crippen molar-refractivity contribution in [3.05, 3.63) is 0 Å². The average Bonchev–Trinajstić information content (AvgIpc) is 2.56. The fraction of sp³-hybridized carbons (Fsp3) is 0.500.